The van der Waals surface area contributed by atoms with Crippen LogP contribution in [0, 0.1) is 5.82 Å². The van der Waals surface area contributed by atoms with Crippen LogP contribution < -0.4 is 4.74 Å². The van der Waals surface area contributed by atoms with Gasteiger partial charge in [0.05, 0.1) is 5.56 Å². The van der Waals surface area contributed by atoms with E-state index in [0.29, 0.717) is 17.9 Å². The van der Waals surface area contributed by atoms with Gasteiger partial charge in [0.25, 0.3) is 0 Å². The van der Waals surface area contributed by atoms with Crippen LogP contribution in [0.15, 0.2) is 42.5 Å². The molecule has 0 fully saturated rings. The van der Waals surface area contributed by atoms with E-state index in [2.05, 4.69) is 0 Å². The predicted molar refractivity (Wildman–Crippen MR) is 56.2 cm³/mol. The molecular weight excluding hydrogens is 191 g/mol. The molecule has 1 aliphatic rings. The van der Waals surface area contributed by atoms with Gasteiger partial charge in [-0.05, 0) is 23.3 Å². The molecule has 2 heteroatoms. The molecular formula is C13H9FO. The molecule has 0 atom stereocenters. The second-order valence-electron chi connectivity index (χ2n) is 3.56. The van der Waals surface area contributed by atoms with E-state index >= 15 is 0 Å². The Bertz CT molecular complexity index is 520. The second-order valence-corrected chi connectivity index (χ2v) is 3.56. The highest BCUT2D eigenvalue weighted by Gasteiger charge is 2.19. The van der Waals surface area contributed by atoms with Crippen LogP contribution in [0.25, 0.3) is 11.1 Å². The fraction of sp³-hybridized carbons (Fsp3) is 0.0769. The maximum absolute atomic E-state index is 13.7. The molecule has 0 saturated heterocycles. The molecule has 0 spiro atoms. The van der Waals surface area contributed by atoms with Crippen molar-refractivity contribution in [2.24, 2.45) is 0 Å². The minimum absolute atomic E-state index is 0.223. The Morgan fingerprint density at radius 2 is 1.87 bits per heavy atom. The standard InChI is InChI=1S/C13H9FO/c14-11-6-3-7-12-13(11)10-5-2-1-4-9(10)8-15-12/h1-7H,8H2. The van der Waals surface area contributed by atoms with Crippen LogP contribution in [-0.2, 0) is 6.61 Å². The first-order valence-electron chi connectivity index (χ1n) is 4.86. The number of benzene rings is 2. The van der Waals surface area contributed by atoms with E-state index in [-0.39, 0.29) is 5.82 Å². The van der Waals surface area contributed by atoms with Crippen molar-refractivity contribution in [3.05, 3.63) is 53.8 Å². The van der Waals surface area contributed by atoms with Gasteiger partial charge >= 0.3 is 0 Å². The molecule has 2 aromatic rings. The van der Waals surface area contributed by atoms with Crippen molar-refractivity contribution in [3.8, 4) is 16.9 Å². The maximum atomic E-state index is 13.7. The van der Waals surface area contributed by atoms with Crippen LogP contribution in [0.4, 0.5) is 4.39 Å². The maximum Gasteiger partial charge on any atom is 0.134 e. The van der Waals surface area contributed by atoms with Crippen LogP contribution in [-0.4, -0.2) is 0 Å². The lowest BCUT2D eigenvalue weighted by Gasteiger charge is -2.20. The molecule has 1 nitrogen and oxygen atoms in total. The molecule has 2 aromatic carbocycles. The summed E-state index contributed by atoms with van der Waals surface area (Å²) in [6, 6.07) is 12.7. The number of halogens is 1. The Morgan fingerprint density at radius 3 is 2.80 bits per heavy atom. The minimum Gasteiger partial charge on any atom is -0.488 e. The van der Waals surface area contributed by atoms with E-state index in [1.165, 1.54) is 6.07 Å². The van der Waals surface area contributed by atoms with Crippen molar-refractivity contribution >= 4 is 0 Å². The monoisotopic (exact) mass is 200 g/mol. The highest BCUT2D eigenvalue weighted by Crippen LogP contribution is 2.38. The quantitative estimate of drug-likeness (QED) is 0.633. The summed E-state index contributed by atoms with van der Waals surface area (Å²) in [7, 11) is 0. The van der Waals surface area contributed by atoms with Gasteiger partial charge in [0.2, 0.25) is 0 Å². The fourth-order valence-corrected chi connectivity index (χ4v) is 1.93. The molecule has 3 rings (SSSR count). The van der Waals surface area contributed by atoms with E-state index in [1.807, 2.05) is 24.3 Å². The Morgan fingerprint density at radius 1 is 1.00 bits per heavy atom. The third kappa shape index (κ3) is 1.22. The zero-order valence-electron chi connectivity index (χ0n) is 8.03. The summed E-state index contributed by atoms with van der Waals surface area (Å²) in [5.74, 6) is 0.411. The molecule has 0 saturated carbocycles. The average Bonchev–Trinajstić information content (AvgIpc) is 2.29. The SMILES string of the molecule is Fc1cccc2c1-c1ccccc1CO2. The average molecular weight is 200 g/mol. The van der Waals surface area contributed by atoms with Crippen LogP contribution in [0.3, 0.4) is 0 Å². The Kier molecular flexibility index (Phi) is 1.75. The molecule has 1 heterocycles. The van der Waals surface area contributed by atoms with Gasteiger partial charge < -0.3 is 4.74 Å². The Labute approximate surface area is 87.1 Å². The summed E-state index contributed by atoms with van der Waals surface area (Å²) >= 11 is 0. The van der Waals surface area contributed by atoms with Crippen LogP contribution in [0.2, 0.25) is 0 Å². The summed E-state index contributed by atoms with van der Waals surface area (Å²) < 4.78 is 19.2. The first-order chi connectivity index (χ1) is 7.36. The van der Waals surface area contributed by atoms with Gasteiger partial charge in [0, 0.05) is 0 Å². The van der Waals surface area contributed by atoms with Gasteiger partial charge in [-0.2, -0.15) is 0 Å². The van der Waals surface area contributed by atoms with E-state index in [4.69, 9.17) is 4.74 Å². The van der Waals surface area contributed by atoms with Gasteiger partial charge in [-0.15, -0.1) is 0 Å². The summed E-state index contributed by atoms with van der Waals surface area (Å²) in [5.41, 5.74) is 2.56. The molecule has 0 radical (unpaired) electrons. The van der Waals surface area contributed by atoms with Crippen molar-refractivity contribution in [2.75, 3.05) is 0 Å². The summed E-state index contributed by atoms with van der Waals surface area (Å²) in [6.07, 6.45) is 0. The van der Waals surface area contributed by atoms with Crippen molar-refractivity contribution in [1.82, 2.24) is 0 Å². The van der Waals surface area contributed by atoms with Crippen LogP contribution in [0.5, 0.6) is 5.75 Å². The number of hydrogen-bond acceptors (Lipinski definition) is 1. The number of hydrogen-bond donors (Lipinski definition) is 0. The molecule has 0 N–H and O–H groups in total. The van der Waals surface area contributed by atoms with Gasteiger partial charge in [-0.3, -0.25) is 0 Å². The minimum atomic E-state index is -0.223. The van der Waals surface area contributed by atoms with E-state index in [9.17, 15) is 4.39 Å². The van der Waals surface area contributed by atoms with Gasteiger partial charge in [0.1, 0.15) is 18.2 Å². The second kappa shape index (κ2) is 3.09. The van der Waals surface area contributed by atoms with Gasteiger partial charge in [0.15, 0.2) is 0 Å². The molecule has 0 unspecified atom stereocenters. The lowest BCUT2D eigenvalue weighted by molar-refractivity contribution is 0.300. The number of rotatable bonds is 0. The van der Waals surface area contributed by atoms with Crippen molar-refractivity contribution in [2.45, 2.75) is 6.61 Å². The van der Waals surface area contributed by atoms with Crippen LogP contribution in [0.1, 0.15) is 5.56 Å². The first kappa shape index (κ1) is 8.48. The molecule has 0 bridgehead atoms. The van der Waals surface area contributed by atoms with Crippen molar-refractivity contribution < 1.29 is 9.13 Å². The normalized spacial score (nSPS) is 12.6. The molecule has 0 aromatic heterocycles. The Hall–Kier alpha value is -1.83. The summed E-state index contributed by atoms with van der Waals surface area (Å²) in [6.45, 7) is 0.520. The first-order valence-corrected chi connectivity index (χ1v) is 4.86. The highest BCUT2D eigenvalue weighted by molar-refractivity contribution is 5.75. The largest absolute Gasteiger partial charge is 0.488 e. The molecule has 74 valence electrons. The van der Waals surface area contributed by atoms with Gasteiger partial charge in [-0.1, -0.05) is 30.3 Å². The molecule has 15 heavy (non-hydrogen) atoms. The van der Waals surface area contributed by atoms with Gasteiger partial charge in [-0.25, -0.2) is 4.39 Å². The lowest BCUT2D eigenvalue weighted by Crippen LogP contribution is -2.06. The topological polar surface area (TPSA) is 9.23 Å². The third-order valence-corrected chi connectivity index (χ3v) is 2.65. The molecule has 1 aliphatic heterocycles. The summed E-state index contributed by atoms with van der Waals surface area (Å²) in [5, 5.41) is 0. The zero-order valence-corrected chi connectivity index (χ0v) is 8.03. The third-order valence-electron chi connectivity index (χ3n) is 2.65. The van der Waals surface area contributed by atoms with Crippen molar-refractivity contribution in [3.63, 3.8) is 0 Å². The van der Waals surface area contributed by atoms with Crippen LogP contribution >= 0.6 is 0 Å². The van der Waals surface area contributed by atoms with E-state index in [0.717, 1.165) is 11.1 Å². The molecule has 0 aliphatic carbocycles. The fourth-order valence-electron chi connectivity index (χ4n) is 1.93. The van der Waals surface area contributed by atoms with E-state index < -0.39 is 0 Å². The predicted octanol–water partition coefficient (Wildman–Crippen LogP) is 3.39. The molecule has 0 amide bonds. The van der Waals surface area contributed by atoms with E-state index in [1.54, 1.807) is 12.1 Å². The highest BCUT2D eigenvalue weighted by atomic mass is 19.1. The lowest BCUT2D eigenvalue weighted by atomic mass is 9.97. The smallest absolute Gasteiger partial charge is 0.134 e. The zero-order chi connectivity index (χ0) is 10.3. The van der Waals surface area contributed by atoms with Crippen molar-refractivity contribution in [1.29, 1.82) is 0 Å². The number of ether oxygens (including phenoxy) is 1. The number of fused-ring (bicyclic) bond motifs is 3. The Balaban J connectivity index is 2.33. The summed E-state index contributed by atoms with van der Waals surface area (Å²) in [4.78, 5) is 0.